The van der Waals surface area contributed by atoms with Crippen molar-refractivity contribution in [3.8, 4) is 22.9 Å². The lowest BCUT2D eigenvalue weighted by atomic mass is 10.0. The average molecular weight is 570 g/mol. The van der Waals surface area contributed by atoms with Crippen molar-refractivity contribution < 1.29 is 23.4 Å². The van der Waals surface area contributed by atoms with Crippen molar-refractivity contribution in [2.45, 2.75) is 37.8 Å². The van der Waals surface area contributed by atoms with Gasteiger partial charge in [-0.1, -0.05) is 24.2 Å². The molecule has 2 aliphatic heterocycles. The molecule has 6 rings (SSSR count). The Morgan fingerprint density at radius 3 is 2.42 bits per heavy atom. The Balaban J connectivity index is 1.40. The maximum Gasteiger partial charge on any atom is 0.319 e. The quantitative estimate of drug-likeness (QED) is 0.428. The Kier molecular flexibility index (Phi) is 7.22. The SMILES string of the molecule is C=CC(=O)N1CCN(c2nc(OC3CCN(C4CC4)CC3)nc3c(F)c(-c4c(O)cccc4F)c(Cl)cc23)CC1. The number of likely N-dealkylation sites (tertiary alicyclic amines) is 1. The molecule has 210 valence electrons. The fourth-order valence-corrected chi connectivity index (χ4v) is 5.94. The number of hydrogen-bond acceptors (Lipinski definition) is 7. The van der Waals surface area contributed by atoms with Gasteiger partial charge in [-0.15, -0.1) is 0 Å². The molecular weight excluding hydrogens is 540 g/mol. The summed E-state index contributed by atoms with van der Waals surface area (Å²) in [5.41, 5.74) is -0.694. The van der Waals surface area contributed by atoms with Crippen LogP contribution in [0.15, 0.2) is 36.9 Å². The molecule has 1 amide bonds. The van der Waals surface area contributed by atoms with E-state index in [1.165, 1.54) is 37.1 Å². The highest BCUT2D eigenvalue weighted by atomic mass is 35.5. The molecule has 0 radical (unpaired) electrons. The van der Waals surface area contributed by atoms with E-state index in [1.807, 2.05) is 4.90 Å². The summed E-state index contributed by atoms with van der Waals surface area (Å²) in [7, 11) is 0. The molecule has 0 atom stereocenters. The Bertz CT molecular complexity index is 1450. The summed E-state index contributed by atoms with van der Waals surface area (Å²) >= 11 is 6.53. The van der Waals surface area contributed by atoms with E-state index in [4.69, 9.17) is 21.3 Å². The molecule has 2 aromatic carbocycles. The third-order valence-electron chi connectivity index (χ3n) is 7.96. The molecule has 8 nitrogen and oxygen atoms in total. The summed E-state index contributed by atoms with van der Waals surface area (Å²) in [6.45, 7) is 7.17. The van der Waals surface area contributed by atoms with Crippen LogP contribution in [0.4, 0.5) is 14.6 Å². The largest absolute Gasteiger partial charge is 0.507 e. The molecule has 0 unspecified atom stereocenters. The molecule has 3 aromatic rings. The highest BCUT2D eigenvalue weighted by Crippen LogP contribution is 2.43. The molecule has 1 saturated carbocycles. The predicted molar refractivity (Wildman–Crippen MR) is 149 cm³/mol. The smallest absolute Gasteiger partial charge is 0.319 e. The number of benzene rings is 2. The van der Waals surface area contributed by atoms with Crippen LogP contribution >= 0.6 is 11.6 Å². The van der Waals surface area contributed by atoms with E-state index in [-0.39, 0.29) is 39.7 Å². The van der Waals surface area contributed by atoms with Crippen LogP contribution in [0.5, 0.6) is 11.8 Å². The van der Waals surface area contributed by atoms with Crippen molar-refractivity contribution in [2.75, 3.05) is 44.2 Å². The normalized spacial score (nSPS) is 18.8. The third-order valence-corrected chi connectivity index (χ3v) is 8.26. The molecule has 3 aliphatic rings. The molecule has 1 N–H and O–H groups in total. The van der Waals surface area contributed by atoms with Gasteiger partial charge in [0.25, 0.3) is 0 Å². The molecule has 40 heavy (non-hydrogen) atoms. The predicted octanol–water partition coefficient (Wildman–Crippen LogP) is 4.77. The van der Waals surface area contributed by atoms with Gasteiger partial charge in [0, 0.05) is 56.3 Å². The highest BCUT2D eigenvalue weighted by molar-refractivity contribution is 6.34. The number of aromatic nitrogens is 2. The molecule has 0 bridgehead atoms. The van der Waals surface area contributed by atoms with Crippen molar-refractivity contribution in [2.24, 2.45) is 0 Å². The van der Waals surface area contributed by atoms with Crippen LogP contribution in [-0.2, 0) is 4.79 Å². The molecule has 11 heteroatoms. The lowest BCUT2D eigenvalue weighted by Crippen LogP contribution is -2.48. The standard InChI is InChI=1S/C29H30ClF2N5O3/c1-2-23(39)36-12-14-37(15-13-36)28-19-16-20(30)24(25-21(31)4-3-5-22(25)38)26(32)27(19)33-29(34-28)40-18-8-10-35(11-9-18)17-6-7-17/h2-5,16-18,38H,1,6-15H2. The van der Waals surface area contributed by atoms with Crippen molar-refractivity contribution in [3.05, 3.63) is 53.6 Å². The van der Waals surface area contributed by atoms with Crippen LogP contribution in [0.25, 0.3) is 22.0 Å². The van der Waals surface area contributed by atoms with Crippen molar-refractivity contribution >= 4 is 34.2 Å². The Hall–Kier alpha value is -3.50. The summed E-state index contributed by atoms with van der Waals surface area (Å²) < 4.78 is 37.3. The first-order chi connectivity index (χ1) is 19.3. The minimum absolute atomic E-state index is 0.0295. The van der Waals surface area contributed by atoms with E-state index in [2.05, 4.69) is 16.5 Å². The number of piperidine rings is 1. The lowest BCUT2D eigenvalue weighted by molar-refractivity contribution is -0.126. The van der Waals surface area contributed by atoms with Gasteiger partial charge in [-0.05, 0) is 50.0 Å². The first kappa shape index (κ1) is 26.7. The number of nitrogens with zero attached hydrogens (tertiary/aromatic N) is 5. The molecule has 3 fully saturated rings. The van der Waals surface area contributed by atoms with Gasteiger partial charge >= 0.3 is 6.01 Å². The number of phenolic OH excluding ortho intramolecular Hbond substituents is 1. The maximum absolute atomic E-state index is 16.2. The number of carbonyl (C=O) groups is 1. The number of anilines is 1. The fraction of sp³-hybridized carbons (Fsp3) is 0.414. The van der Waals surface area contributed by atoms with Crippen LogP contribution < -0.4 is 9.64 Å². The summed E-state index contributed by atoms with van der Waals surface area (Å²) in [4.78, 5) is 27.4. The molecule has 1 aromatic heterocycles. The zero-order valence-corrected chi connectivity index (χ0v) is 22.7. The molecule has 0 spiro atoms. The number of aromatic hydroxyl groups is 1. The van der Waals surface area contributed by atoms with E-state index in [0.29, 0.717) is 43.4 Å². The summed E-state index contributed by atoms with van der Waals surface area (Å²) in [6.07, 6.45) is 5.28. The van der Waals surface area contributed by atoms with Crippen LogP contribution in [0, 0.1) is 11.6 Å². The molecule has 3 heterocycles. The zero-order valence-electron chi connectivity index (χ0n) is 22.0. The number of carbonyl (C=O) groups excluding carboxylic acids is 1. The summed E-state index contributed by atoms with van der Waals surface area (Å²) in [5, 5.41) is 10.6. The van der Waals surface area contributed by atoms with Gasteiger partial charge in [0.15, 0.2) is 5.82 Å². The zero-order chi connectivity index (χ0) is 28.0. The van der Waals surface area contributed by atoms with Crippen molar-refractivity contribution in [1.29, 1.82) is 0 Å². The van der Waals surface area contributed by atoms with E-state index < -0.39 is 17.4 Å². The van der Waals surface area contributed by atoms with Crippen molar-refractivity contribution in [1.82, 2.24) is 19.8 Å². The number of piperazine rings is 1. The third kappa shape index (κ3) is 5.06. The van der Waals surface area contributed by atoms with Crippen LogP contribution in [0.2, 0.25) is 5.02 Å². The number of rotatable bonds is 6. The molecule has 1 aliphatic carbocycles. The number of amides is 1. The van der Waals surface area contributed by atoms with Gasteiger partial charge < -0.3 is 24.5 Å². The number of halogens is 3. The van der Waals surface area contributed by atoms with E-state index in [9.17, 15) is 14.3 Å². The van der Waals surface area contributed by atoms with Crippen molar-refractivity contribution in [3.63, 3.8) is 0 Å². The average Bonchev–Trinajstić information content (AvgIpc) is 3.80. The lowest BCUT2D eigenvalue weighted by Gasteiger charge is -2.35. The Labute approximate surface area is 235 Å². The summed E-state index contributed by atoms with van der Waals surface area (Å²) in [5.74, 6) is -1.85. The molecule has 2 saturated heterocycles. The fourth-order valence-electron chi connectivity index (χ4n) is 5.66. The summed E-state index contributed by atoms with van der Waals surface area (Å²) in [6, 6.07) is 5.95. The number of hydrogen-bond donors (Lipinski definition) is 1. The van der Waals surface area contributed by atoms with E-state index in [1.54, 1.807) is 4.90 Å². The number of ether oxygens (including phenoxy) is 1. The van der Waals surface area contributed by atoms with Gasteiger partial charge in [0.2, 0.25) is 5.91 Å². The first-order valence-electron chi connectivity index (χ1n) is 13.6. The van der Waals surface area contributed by atoms with Crippen LogP contribution in [-0.4, -0.2) is 82.2 Å². The number of phenols is 1. The highest BCUT2D eigenvalue weighted by Gasteiger charge is 2.33. The van der Waals surface area contributed by atoms with Crippen LogP contribution in [0.3, 0.4) is 0 Å². The minimum atomic E-state index is -0.875. The molecular formula is C29H30ClF2N5O3. The van der Waals surface area contributed by atoms with Gasteiger partial charge in [-0.25, -0.2) is 8.78 Å². The Morgan fingerprint density at radius 2 is 1.77 bits per heavy atom. The van der Waals surface area contributed by atoms with E-state index in [0.717, 1.165) is 32.0 Å². The monoisotopic (exact) mass is 569 g/mol. The van der Waals surface area contributed by atoms with E-state index >= 15 is 4.39 Å². The maximum atomic E-state index is 16.2. The second kappa shape index (κ2) is 10.8. The first-order valence-corrected chi connectivity index (χ1v) is 14.0. The minimum Gasteiger partial charge on any atom is -0.507 e. The van der Waals surface area contributed by atoms with Gasteiger partial charge in [0.05, 0.1) is 10.6 Å². The van der Waals surface area contributed by atoms with Gasteiger partial charge in [0.1, 0.15) is 29.0 Å². The van der Waals surface area contributed by atoms with Gasteiger partial charge in [-0.3, -0.25) is 4.79 Å². The second-order valence-electron chi connectivity index (χ2n) is 10.5. The topological polar surface area (TPSA) is 82.0 Å². The Morgan fingerprint density at radius 1 is 1.05 bits per heavy atom. The second-order valence-corrected chi connectivity index (χ2v) is 10.9. The van der Waals surface area contributed by atoms with Crippen LogP contribution in [0.1, 0.15) is 25.7 Å². The number of fused-ring (bicyclic) bond motifs is 1. The van der Waals surface area contributed by atoms with Gasteiger partial charge in [-0.2, -0.15) is 9.97 Å².